The van der Waals surface area contributed by atoms with E-state index in [1.54, 1.807) is 4.98 Å². The first-order chi connectivity index (χ1) is 7.79. The number of hydrogen-bond donors (Lipinski definition) is 1. The summed E-state index contributed by atoms with van der Waals surface area (Å²) in [4.78, 5) is 13.0. The predicted octanol–water partition coefficient (Wildman–Crippen LogP) is 2.83. The van der Waals surface area contributed by atoms with Gasteiger partial charge in [0.25, 0.3) is 0 Å². The van der Waals surface area contributed by atoms with Gasteiger partial charge in [-0.15, -0.1) is 0 Å². The molecule has 0 radical (unpaired) electrons. The van der Waals surface area contributed by atoms with Gasteiger partial charge in [-0.05, 0) is 6.07 Å². The van der Waals surface area contributed by atoms with Crippen molar-refractivity contribution in [1.29, 1.82) is 0 Å². The molecule has 1 aromatic heterocycles. The summed E-state index contributed by atoms with van der Waals surface area (Å²) in [6.07, 6.45) is -4.80. The normalized spacial score (nSPS) is 12.1. The molecule has 1 aromatic carbocycles. The predicted molar refractivity (Wildman–Crippen MR) is 49.5 cm³/mol. The van der Waals surface area contributed by atoms with Crippen LogP contribution in [0.2, 0.25) is 0 Å². The molecule has 1 N–H and O–H groups in total. The number of halogens is 5. The van der Waals surface area contributed by atoms with E-state index < -0.39 is 39.8 Å². The van der Waals surface area contributed by atoms with Crippen molar-refractivity contribution < 1.29 is 22.0 Å². The lowest BCUT2D eigenvalue weighted by molar-refractivity contribution is -0.141. The summed E-state index contributed by atoms with van der Waals surface area (Å²) < 4.78 is 63.0. The lowest BCUT2D eigenvalue weighted by Gasteiger charge is -2.08. The Hall–Kier alpha value is -1.92. The minimum absolute atomic E-state index is 0.265. The van der Waals surface area contributed by atoms with Crippen LogP contribution in [0.15, 0.2) is 23.0 Å². The molecule has 0 aliphatic heterocycles. The molecular weight excluding hydrogens is 245 g/mol. The summed E-state index contributed by atoms with van der Waals surface area (Å²) >= 11 is 0. The number of fused-ring (bicyclic) bond motifs is 1. The van der Waals surface area contributed by atoms with Crippen LogP contribution >= 0.6 is 0 Å². The van der Waals surface area contributed by atoms with E-state index in [-0.39, 0.29) is 6.07 Å². The molecule has 0 spiro atoms. The van der Waals surface area contributed by atoms with Crippen molar-refractivity contribution in [3.63, 3.8) is 0 Å². The number of aromatic nitrogens is 1. The topological polar surface area (TPSA) is 32.9 Å². The van der Waals surface area contributed by atoms with Crippen molar-refractivity contribution in [2.45, 2.75) is 6.18 Å². The molecule has 2 rings (SSSR count). The van der Waals surface area contributed by atoms with Crippen LogP contribution in [0.5, 0.6) is 0 Å². The van der Waals surface area contributed by atoms with E-state index in [2.05, 4.69) is 0 Å². The molecule has 1 heterocycles. The van der Waals surface area contributed by atoms with Crippen molar-refractivity contribution in [2.75, 3.05) is 0 Å². The molecule has 17 heavy (non-hydrogen) atoms. The highest BCUT2D eigenvalue weighted by Gasteiger charge is 2.32. The van der Waals surface area contributed by atoms with Gasteiger partial charge in [-0.2, -0.15) is 13.2 Å². The largest absolute Gasteiger partial charge is 0.431 e. The Labute approximate surface area is 90.7 Å². The fraction of sp³-hybridized carbons (Fsp3) is 0.100. The van der Waals surface area contributed by atoms with Gasteiger partial charge in [-0.1, -0.05) is 0 Å². The molecule has 0 bridgehead atoms. The third-order valence-corrected chi connectivity index (χ3v) is 2.16. The van der Waals surface area contributed by atoms with Gasteiger partial charge < -0.3 is 4.98 Å². The van der Waals surface area contributed by atoms with Crippen LogP contribution in [0, 0.1) is 11.6 Å². The van der Waals surface area contributed by atoms with Gasteiger partial charge in [0.1, 0.15) is 17.3 Å². The van der Waals surface area contributed by atoms with Gasteiger partial charge in [-0.25, -0.2) is 8.78 Å². The third kappa shape index (κ3) is 2.00. The number of hydrogen-bond acceptors (Lipinski definition) is 1. The van der Waals surface area contributed by atoms with Gasteiger partial charge >= 0.3 is 6.18 Å². The Morgan fingerprint density at radius 2 is 1.71 bits per heavy atom. The van der Waals surface area contributed by atoms with Crippen LogP contribution in [0.25, 0.3) is 10.9 Å². The molecule has 0 saturated heterocycles. The first-order valence-electron chi connectivity index (χ1n) is 4.38. The summed E-state index contributed by atoms with van der Waals surface area (Å²) in [7, 11) is 0. The van der Waals surface area contributed by atoms with Crippen LogP contribution in [0.1, 0.15) is 5.69 Å². The zero-order valence-corrected chi connectivity index (χ0v) is 8.03. The highest BCUT2D eigenvalue weighted by Crippen LogP contribution is 2.28. The second-order valence-corrected chi connectivity index (χ2v) is 3.36. The monoisotopic (exact) mass is 249 g/mol. The number of pyridine rings is 1. The molecule has 7 heteroatoms. The molecule has 2 aromatic rings. The summed E-state index contributed by atoms with van der Waals surface area (Å²) in [5, 5.41) is -0.462. The summed E-state index contributed by atoms with van der Waals surface area (Å²) in [6, 6.07) is 1.34. The molecule has 0 aliphatic carbocycles. The number of benzene rings is 1. The molecule has 0 fully saturated rings. The van der Waals surface area contributed by atoms with E-state index in [1.807, 2.05) is 0 Å². The van der Waals surface area contributed by atoms with E-state index >= 15 is 0 Å². The molecule has 0 atom stereocenters. The summed E-state index contributed by atoms with van der Waals surface area (Å²) in [5.74, 6) is -2.27. The van der Waals surface area contributed by atoms with Gasteiger partial charge in [0, 0.05) is 12.1 Å². The van der Waals surface area contributed by atoms with Crippen LogP contribution in [0.4, 0.5) is 22.0 Å². The zero-order valence-electron chi connectivity index (χ0n) is 8.03. The van der Waals surface area contributed by atoms with Crippen LogP contribution in [-0.4, -0.2) is 4.98 Å². The van der Waals surface area contributed by atoms with Crippen molar-refractivity contribution >= 4 is 10.9 Å². The third-order valence-electron chi connectivity index (χ3n) is 2.16. The van der Waals surface area contributed by atoms with Crippen molar-refractivity contribution in [3.8, 4) is 0 Å². The Morgan fingerprint density at radius 3 is 2.29 bits per heavy atom. The number of alkyl halides is 3. The van der Waals surface area contributed by atoms with Crippen LogP contribution in [-0.2, 0) is 6.18 Å². The summed E-state index contributed by atoms with van der Waals surface area (Å²) in [6.45, 7) is 0. The number of nitrogens with one attached hydrogen (secondary N) is 1. The van der Waals surface area contributed by atoms with E-state index in [0.29, 0.717) is 12.1 Å². The van der Waals surface area contributed by atoms with E-state index in [4.69, 9.17) is 0 Å². The number of rotatable bonds is 0. The molecule has 0 saturated carbocycles. The highest BCUT2D eigenvalue weighted by molar-refractivity contribution is 5.79. The maximum atomic E-state index is 13.2. The lowest BCUT2D eigenvalue weighted by Crippen LogP contribution is -2.14. The Kier molecular flexibility index (Phi) is 2.41. The molecule has 0 unspecified atom stereocenters. The van der Waals surface area contributed by atoms with Crippen molar-refractivity contribution in [2.24, 2.45) is 0 Å². The van der Waals surface area contributed by atoms with E-state index in [9.17, 15) is 26.7 Å². The minimum atomic E-state index is -4.80. The highest BCUT2D eigenvalue weighted by atomic mass is 19.4. The average Bonchev–Trinajstić information content (AvgIpc) is 2.17. The lowest BCUT2D eigenvalue weighted by atomic mass is 10.2. The molecule has 0 amide bonds. The van der Waals surface area contributed by atoms with E-state index in [1.165, 1.54) is 0 Å². The van der Waals surface area contributed by atoms with Gasteiger partial charge in [0.2, 0.25) is 0 Å². The zero-order chi connectivity index (χ0) is 12.8. The van der Waals surface area contributed by atoms with Crippen LogP contribution < -0.4 is 5.43 Å². The van der Waals surface area contributed by atoms with E-state index in [0.717, 1.165) is 0 Å². The minimum Gasteiger partial charge on any atom is -0.348 e. The van der Waals surface area contributed by atoms with Crippen molar-refractivity contribution in [1.82, 2.24) is 4.98 Å². The first-order valence-corrected chi connectivity index (χ1v) is 4.38. The molecule has 2 nitrogen and oxygen atoms in total. The SMILES string of the molecule is O=c1cc(C(F)(F)F)[nH]c2c(F)cc(F)cc12. The van der Waals surface area contributed by atoms with Crippen molar-refractivity contribution in [3.05, 3.63) is 45.8 Å². The molecule has 90 valence electrons. The van der Waals surface area contributed by atoms with Gasteiger partial charge in [-0.3, -0.25) is 4.79 Å². The fourth-order valence-corrected chi connectivity index (χ4v) is 1.43. The smallest absolute Gasteiger partial charge is 0.348 e. The average molecular weight is 249 g/mol. The van der Waals surface area contributed by atoms with Gasteiger partial charge in [0.15, 0.2) is 5.43 Å². The second-order valence-electron chi connectivity index (χ2n) is 3.36. The standard InChI is InChI=1S/C10H4F5NO/c11-4-1-5-7(17)3-8(10(13,14)15)16-9(5)6(12)2-4/h1-3H,(H,16,17). The maximum Gasteiger partial charge on any atom is 0.431 e. The van der Waals surface area contributed by atoms with Crippen LogP contribution in [0.3, 0.4) is 0 Å². The number of H-pyrrole nitrogens is 1. The molecule has 0 aliphatic rings. The maximum absolute atomic E-state index is 13.2. The van der Waals surface area contributed by atoms with Gasteiger partial charge in [0.05, 0.1) is 10.9 Å². The number of aromatic amines is 1. The summed E-state index contributed by atoms with van der Waals surface area (Å²) in [5.41, 5.74) is -3.13. The Morgan fingerprint density at radius 1 is 1.06 bits per heavy atom. The quantitative estimate of drug-likeness (QED) is 0.715. The fourth-order valence-electron chi connectivity index (χ4n) is 1.43. The first kappa shape index (κ1) is 11.6. The molecular formula is C10H4F5NO. The Balaban J connectivity index is 2.88. The second kappa shape index (κ2) is 3.54. The Bertz CT molecular complexity index is 643.